The lowest BCUT2D eigenvalue weighted by Crippen LogP contribution is -2.68. The molecule has 1 atom stereocenters. The number of carbonyl (C=O) groups excluding carboxylic acids is 2. The lowest BCUT2D eigenvalue weighted by atomic mass is 9.96. The molecule has 1 aliphatic rings. The van der Waals surface area contributed by atoms with Crippen LogP contribution < -0.4 is 5.32 Å². The van der Waals surface area contributed by atoms with Crippen LogP contribution in [-0.2, 0) is 9.59 Å². The first-order valence-corrected chi connectivity index (χ1v) is 6.91. The number of amides is 2. The fourth-order valence-electron chi connectivity index (χ4n) is 2.01. The Kier molecular flexibility index (Phi) is 4.76. The molecular weight excluding hydrogens is 281 g/mol. The van der Waals surface area contributed by atoms with Gasteiger partial charge in [0.2, 0.25) is 11.8 Å². The lowest BCUT2D eigenvalue weighted by Gasteiger charge is -2.42. The van der Waals surface area contributed by atoms with E-state index in [1.165, 1.54) is 4.90 Å². The Balaban J connectivity index is 2.75. The van der Waals surface area contributed by atoms with Crippen LogP contribution in [0.25, 0.3) is 0 Å². The molecule has 19 heavy (non-hydrogen) atoms. The van der Waals surface area contributed by atoms with Gasteiger partial charge < -0.3 is 10.2 Å². The van der Waals surface area contributed by atoms with Gasteiger partial charge >= 0.3 is 5.51 Å². The Hall–Kier alpha value is -0.920. The second-order valence-electron chi connectivity index (χ2n) is 4.83. The first-order valence-electron chi connectivity index (χ1n) is 5.92. The Morgan fingerprint density at radius 3 is 2.42 bits per heavy atom. The summed E-state index contributed by atoms with van der Waals surface area (Å²) in [5.74, 6) is -0.930. The van der Waals surface area contributed by atoms with Gasteiger partial charge in [-0.25, -0.2) is 0 Å². The number of carbonyl (C=O) groups is 2. The fraction of sp³-hybridized carbons (Fsp3) is 0.818. The Morgan fingerprint density at radius 2 is 1.95 bits per heavy atom. The van der Waals surface area contributed by atoms with Gasteiger partial charge in [0, 0.05) is 12.3 Å². The highest BCUT2D eigenvalue weighted by atomic mass is 32.2. The average Bonchev–Trinajstić information content (AvgIpc) is 2.23. The first kappa shape index (κ1) is 16.1. The average molecular weight is 298 g/mol. The van der Waals surface area contributed by atoms with E-state index in [-0.39, 0.29) is 35.9 Å². The molecular formula is C11H17F3N2O2S. The van der Waals surface area contributed by atoms with Crippen LogP contribution in [0.1, 0.15) is 27.2 Å². The predicted octanol–water partition coefficient (Wildman–Crippen LogP) is 1.76. The van der Waals surface area contributed by atoms with Gasteiger partial charge in [0.05, 0.1) is 0 Å². The van der Waals surface area contributed by atoms with Gasteiger partial charge in [0.1, 0.15) is 11.6 Å². The molecule has 1 saturated heterocycles. The minimum absolute atomic E-state index is 0.0850. The molecule has 4 nitrogen and oxygen atoms in total. The highest BCUT2D eigenvalue weighted by Crippen LogP contribution is 2.30. The van der Waals surface area contributed by atoms with Gasteiger partial charge in [-0.15, -0.1) is 0 Å². The van der Waals surface area contributed by atoms with Crippen molar-refractivity contribution >= 4 is 23.6 Å². The van der Waals surface area contributed by atoms with E-state index in [0.29, 0.717) is 6.42 Å². The molecule has 110 valence electrons. The number of hydrogen-bond donors (Lipinski definition) is 1. The molecule has 0 aromatic heterocycles. The van der Waals surface area contributed by atoms with Crippen LogP contribution in [0, 0.1) is 0 Å². The third-order valence-corrected chi connectivity index (χ3v) is 3.61. The van der Waals surface area contributed by atoms with Crippen LogP contribution in [0.2, 0.25) is 0 Å². The highest BCUT2D eigenvalue weighted by molar-refractivity contribution is 8.00. The number of piperazine rings is 1. The molecule has 2 amide bonds. The van der Waals surface area contributed by atoms with Gasteiger partial charge in [0.15, 0.2) is 0 Å². The van der Waals surface area contributed by atoms with Crippen LogP contribution in [0.15, 0.2) is 0 Å². The second-order valence-corrected chi connectivity index (χ2v) is 5.99. The second kappa shape index (κ2) is 5.60. The van der Waals surface area contributed by atoms with Crippen molar-refractivity contribution in [3.63, 3.8) is 0 Å². The van der Waals surface area contributed by atoms with E-state index in [9.17, 15) is 22.8 Å². The molecule has 0 bridgehead atoms. The topological polar surface area (TPSA) is 49.4 Å². The zero-order valence-electron chi connectivity index (χ0n) is 11.0. The largest absolute Gasteiger partial charge is 0.441 e. The SMILES string of the molecule is CCC1C(=O)NC(C)(C)C(=O)N1CCSC(F)(F)F. The van der Waals surface area contributed by atoms with Crippen molar-refractivity contribution in [3.8, 4) is 0 Å². The Labute approximate surface area is 114 Å². The molecule has 1 unspecified atom stereocenters. The van der Waals surface area contributed by atoms with Gasteiger partial charge in [-0.05, 0) is 32.0 Å². The normalized spacial score (nSPS) is 23.5. The Morgan fingerprint density at radius 1 is 1.37 bits per heavy atom. The summed E-state index contributed by atoms with van der Waals surface area (Å²) in [4.78, 5) is 25.2. The van der Waals surface area contributed by atoms with Crippen LogP contribution in [0.3, 0.4) is 0 Å². The van der Waals surface area contributed by atoms with Crippen LogP contribution in [-0.4, -0.2) is 46.1 Å². The van der Waals surface area contributed by atoms with Crippen molar-refractivity contribution in [3.05, 3.63) is 0 Å². The summed E-state index contributed by atoms with van der Waals surface area (Å²) in [6.45, 7) is 4.73. The third-order valence-electron chi connectivity index (χ3n) is 2.89. The monoisotopic (exact) mass is 298 g/mol. The lowest BCUT2D eigenvalue weighted by molar-refractivity contribution is -0.153. The molecule has 1 N–H and O–H groups in total. The fourth-order valence-corrected chi connectivity index (χ4v) is 2.53. The molecule has 0 spiro atoms. The van der Waals surface area contributed by atoms with Crippen LogP contribution >= 0.6 is 11.8 Å². The first-order chi connectivity index (χ1) is 8.58. The zero-order chi connectivity index (χ0) is 14.8. The maximum atomic E-state index is 12.1. The van der Waals surface area contributed by atoms with Crippen molar-refractivity contribution in [2.45, 2.75) is 44.3 Å². The molecule has 1 heterocycles. The Bertz CT molecular complexity index is 371. The van der Waals surface area contributed by atoms with E-state index < -0.39 is 17.1 Å². The van der Waals surface area contributed by atoms with Crippen LogP contribution in [0.4, 0.5) is 13.2 Å². The summed E-state index contributed by atoms with van der Waals surface area (Å²) in [5, 5.41) is 2.58. The molecule has 8 heteroatoms. The van der Waals surface area contributed by atoms with Crippen molar-refractivity contribution in [2.24, 2.45) is 0 Å². The van der Waals surface area contributed by atoms with Crippen molar-refractivity contribution < 1.29 is 22.8 Å². The van der Waals surface area contributed by atoms with Gasteiger partial charge in [0.25, 0.3) is 0 Å². The molecule has 0 aliphatic carbocycles. The molecule has 0 radical (unpaired) electrons. The minimum Gasteiger partial charge on any atom is -0.340 e. The minimum atomic E-state index is -4.32. The maximum absolute atomic E-state index is 12.1. The number of thioether (sulfide) groups is 1. The molecule has 0 aromatic carbocycles. The number of hydrogen-bond acceptors (Lipinski definition) is 3. The number of halogens is 3. The van der Waals surface area contributed by atoms with E-state index in [4.69, 9.17) is 0 Å². The summed E-state index contributed by atoms with van der Waals surface area (Å²) < 4.78 is 36.3. The van der Waals surface area contributed by atoms with Crippen LogP contribution in [0.5, 0.6) is 0 Å². The summed E-state index contributed by atoms with van der Waals surface area (Å²) >= 11 is -0.182. The van der Waals surface area contributed by atoms with Crippen molar-refractivity contribution in [2.75, 3.05) is 12.3 Å². The summed E-state index contributed by atoms with van der Waals surface area (Å²) in [5.41, 5.74) is -5.38. The predicted molar refractivity (Wildman–Crippen MR) is 66.5 cm³/mol. The van der Waals surface area contributed by atoms with Gasteiger partial charge in [-0.1, -0.05) is 6.92 Å². The summed E-state index contributed by atoms with van der Waals surface area (Å²) in [6.07, 6.45) is 0.379. The molecule has 1 rings (SSSR count). The number of alkyl halides is 3. The quantitative estimate of drug-likeness (QED) is 0.860. The van der Waals surface area contributed by atoms with E-state index in [0.717, 1.165) is 0 Å². The smallest absolute Gasteiger partial charge is 0.340 e. The zero-order valence-corrected chi connectivity index (χ0v) is 11.8. The number of rotatable bonds is 4. The van der Waals surface area contributed by atoms with Crippen molar-refractivity contribution in [1.82, 2.24) is 10.2 Å². The molecule has 1 aliphatic heterocycles. The number of nitrogens with one attached hydrogen (secondary N) is 1. The summed E-state index contributed by atoms with van der Waals surface area (Å²) in [6, 6.07) is -0.686. The third kappa shape index (κ3) is 4.02. The van der Waals surface area contributed by atoms with E-state index >= 15 is 0 Å². The maximum Gasteiger partial charge on any atom is 0.441 e. The van der Waals surface area contributed by atoms with Crippen molar-refractivity contribution in [1.29, 1.82) is 0 Å². The molecule has 0 aromatic rings. The number of nitrogens with zero attached hydrogens (tertiary/aromatic N) is 1. The van der Waals surface area contributed by atoms with E-state index in [2.05, 4.69) is 5.32 Å². The van der Waals surface area contributed by atoms with E-state index in [1.54, 1.807) is 20.8 Å². The molecule has 1 fully saturated rings. The molecule has 0 saturated carbocycles. The van der Waals surface area contributed by atoms with E-state index in [1.807, 2.05) is 0 Å². The summed E-state index contributed by atoms with van der Waals surface area (Å²) in [7, 11) is 0. The van der Waals surface area contributed by atoms with Gasteiger partial charge in [-0.2, -0.15) is 13.2 Å². The standard InChI is InChI=1S/C11H17F3N2O2S/c1-4-7-8(17)15-10(2,3)9(18)16(7)5-6-19-11(12,13)14/h7H,4-6H2,1-3H3,(H,15,17). The van der Waals surface area contributed by atoms with Gasteiger partial charge in [-0.3, -0.25) is 9.59 Å². The highest BCUT2D eigenvalue weighted by Gasteiger charge is 2.44.